The Morgan fingerprint density at radius 2 is 1.67 bits per heavy atom. The number of thiocarbonyl (C=S) groups is 1. The van der Waals surface area contributed by atoms with Crippen LogP contribution in [0.15, 0.2) is 48.5 Å². The summed E-state index contributed by atoms with van der Waals surface area (Å²) in [5, 5.41) is 3.93. The zero-order chi connectivity index (χ0) is 13.0. The van der Waals surface area contributed by atoms with Gasteiger partial charge in [-0.3, -0.25) is 0 Å². The van der Waals surface area contributed by atoms with Gasteiger partial charge in [-0.2, -0.15) is 0 Å². The van der Waals surface area contributed by atoms with Gasteiger partial charge in [0.1, 0.15) is 0 Å². The SMILES string of the molecule is Cc1ccc(CC(=S)Nc2ccc(Cl)cc2)cc1. The second-order valence-electron chi connectivity index (χ2n) is 4.22. The van der Waals surface area contributed by atoms with Crippen LogP contribution in [0.25, 0.3) is 0 Å². The van der Waals surface area contributed by atoms with E-state index in [1.165, 1.54) is 11.1 Å². The molecule has 0 spiro atoms. The van der Waals surface area contributed by atoms with Crippen molar-refractivity contribution in [1.82, 2.24) is 0 Å². The molecule has 0 fully saturated rings. The van der Waals surface area contributed by atoms with E-state index in [0.29, 0.717) is 0 Å². The van der Waals surface area contributed by atoms with E-state index in [2.05, 4.69) is 36.5 Å². The molecule has 0 heterocycles. The van der Waals surface area contributed by atoms with Gasteiger partial charge in [0.15, 0.2) is 0 Å². The maximum Gasteiger partial charge on any atom is 0.0841 e. The third-order valence-corrected chi connectivity index (χ3v) is 3.11. The highest BCUT2D eigenvalue weighted by atomic mass is 35.5. The topological polar surface area (TPSA) is 12.0 Å². The summed E-state index contributed by atoms with van der Waals surface area (Å²) in [7, 11) is 0. The molecule has 0 saturated carbocycles. The second kappa shape index (κ2) is 5.98. The van der Waals surface area contributed by atoms with Gasteiger partial charge < -0.3 is 5.32 Å². The third kappa shape index (κ3) is 3.83. The molecule has 0 bridgehead atoms. The van der Waals surface area contributed by atoms with Crippen LogP contribution in [0.2, 0.25) is 5.02 Å². The van der Waals surface area contributed by atoms with Gasteiger partial charge in [-0.25, -0.2) is 0 Å². The Hall–Kier alpha value is -1.38. The first-order valence-corrected chi connectivity index (χ1v) is 6.53. The first kappa shape index (κ1) is 13.1. The summed E-state index contributed by atoms with van der Waals surface area (Å²) in [6.45, 7) is 2.08. The fraction of sp³-hybridized carbons (Fsp3) is 0.133. The molecule has 0 aliphatic carbocycles. The van der Waals surface area contributed by atoms with Crippen LogP contribution in [0.3, 0.4) is 0 Å². The van der Waals surface area contributed by atoms with E-state index < -0.39 is 0 Å². The number of benzene rings is 2. The van der Waals surface area contributed by atoms with Crippen LogP contribution in [-0.2, 0) is 6.42 Å². The lowest BCUT2D eigenvalue weighted by Crippen LogP contribution is -2.11. The molecule has 0 aliphatic heterocycles. The quantitative estimate of drug-likeness (QED) is 0.820. The van der Waals surface area contributed by atoms with Gasteiger partial charge >= 0.3 is 0 Å². The van der Waals surface area contributed by atoms with Gasteiger partial charge in [0.05, 0.1) is 4.99 Å². The molecule has 92 valence electrons. The zero-order valence-electron chi connectivity index (χ0n) is 10.1. The predicted molar refractivity (Wildman–Crippen MR) is 82.6 cm³/mol. The molecule has 2 aromatic carbocycles. The minimum absolute atomic E-state index is 0.727. The summed E-state index contributed by atoms with van der Waals surface area (Å²) in [5.41, 5.74) is 3.44. The van der Waals surface area contributed by atoms with Gasteiger partial charge in [-0.1, -0.05) is 53.6 Å². The van der Waals surface area contributed by atoms with E-state index in [-0.39, 0.29) is 0 Å². The predicted octanol–water partition coefficient (Wildman–Crippen LogP) is 4.63. The van der Waals surface area contributed by atoms with Crippen molar-refractivity contribution in [2.45, 2.75) is 13.3 Å². The highest BCUT2D eigenvalue weighted by Gasteiger charge is 2.00. The molecule has 0 aromatic heterocycles. The number of anilines is 1. The standard InChI is InChI=1S/C15H14ClNS/c1-11-2-4-12(5-3-11)10-15(18)17-14-8-6-13(16)7-9-14/h2-9H,10H2,1H3,(H,17,18). The molecule has 2 aromatic rings. The Morgan fingerprint density at radius 1 is 1.06 bits per heavy atom. The van der Waals surface area contributed by atoms with Crippen LogP contribution in [0.5, 0.6) is 0 Å². The monoisotopic (exact) mass is 275 g/mol. The molecular weight excluding hydrogens is 262 g/mol. The second-order valence-corrected chi connectivity index (χ2v) is 5.15. The van der Waals surface area contributed by atoms with Crippen LogP contribution >= 0.6 is 23.8 Å². The Morgan fingerprint density at radius 3 is 2.28 bits per heavy atom. The van der Waals surface area contributed by atoms with Crippen molar-refractivity contribution < 1.29 is 0 Å². The molecule has 18 heavy (non-hydrogen) atoms. The van der Waals surface area contributed by atoms with E-state index in [0.717, 1.165) is 22.1 Å². The molecule has 0 aliphatic rings. The molecule has 0 radical (unpaired) electrons. The number of rotatable bonds is 3. The zero-order valence-corrected chi connectivity index (χ0v) is 11.7. The highest BCUT2D eigenvalue weighted by molar-refractivity contribution is 7.80. The van der Waals surface area contributed by atoms with E-state index in [1.807, 2.05) is 24.3 Å². The molecule has 1 nitrogen and oxygen atoms in total. The Balaban J connectivity index is 1.96. The van der Waals surface area contributed by atoms with Crippen molar-refractivity contribution in [3.63, 3.8) is 0 Å². The third-order valence-electron chi connectivity index (χ3n) is 2.61. The van der Waals surface area contributed by atoms with Crippen LogP contribution in [0, 0.1) is 6.92 Å². The van der Waals surface area contributed by atoms with Crippen molar-refractivity contribution >= 4 is 34.5 Å². The van der Waals surface area contributed by atoms with Crippen LogP contribution < -0.4 is 5.32 Å². The van der Waals surface area contributed by atoms with Crippen molar-refractivity contribution in [3.05, 3.63) is 64.7 Å². The molecule has 0 unspecified atom stereocenters. The fourth-order valence-electron chi connectivity index (χ4n) is 1.63. The lowest BCUT2D eigenvalue weighted by atomic mass is 10.1. The van der Waals surface area contributed by atoms with Gasteiger partial charge in [-0.15, -0.1) is 0 Å². The minimum Gasteiger partial charge on any atom is -0.350 e. The maximum atomic E-state index is 5.83. The first-order valence-electron chi connectivity index (χ1n) is 5.74. The summed E-state index contributed by atoms with van der Waals surface area (Å²) >= 11 is 11.2. The Kier molecular flexibility index (Phi) is 4.34. The number of aryl methyl sites for hydroxylation is 1. The molecule has 2 rings (SSSR count). The summed E-state index contributed by atoms with van der Waals surface area (Å²) in [6, 6.07) is 15.9. The molecular formula is C15H14ClNS. The van der Waals surface area contributed by atoms with E-state index in [1.54, 1.807) is 0 Å². The van der Waals surface area contributed by atoms with Crippen LogP contribution in [-0.4, -0.2) is 4.99 Å². The fourth-order valence-corrected chi connectivity index (χ4v) is 2.04. The highest BCUT2D eigenvalue weighted by Crippen LogP contribution is 2.14. The molecule has 3 heteroatoms. The van der Waals surface area contributed by atoms with E-state index >= 15 is 0 Å². The molecule has 0 amide bonds. The summed E-state index contributed by atoms with van der Waals surface area (Å²) in [6.07, 6.45) is 0.748. The number of hydrogen-bond acceptors (Lipinski definition) is 1. The van der Waals surface area contributed by atoms with Gasteiger partial charge in [-0.05, 0) is 36.8 Å². The number of halogens is 1. The normalized spacial score (nSPS) is 10.1. The summed E-state index contributed by atoms with van der Waals surface area (Å²) in [5.74, 6) is 0. The molecule has 0 saturated heterocycles. The van der Waals surface area contributed by atoms with Gasteiger partial charge in [0, 0.05) is 17.1 Å². The maximum absolute atomic E-state index is 5.83. The van der Waals surface area contributed by atoms with Crippen molar-refractivity contribution in [2.24, 2.45) is 0 Å². The van der Waals surface area contributed by atoms with Crippen LogP contribution in [0.1, 0.15) is 11.1 Å². The van der Waals surface area contributed by atoms with Gasteiger partial charge in [0.25, 0.3) is 0 Å². The van der Waals surface area contributed by atoms with E-state index in [9.17, 15) is 0 Å². The number of nitrogens with one attached hydrogen (secondary N) is 1. The lowest BCUT2D eigenvalue weighted by Gasteiger charge is -2.08. The largest absolute Gasteiger partial charge is 0.350 e. The Labute approximate surface area is 118 Å². The number of hydrogen-bond donors (Lipinski definition) is 1. The first-order chi connectivity index (χ1) is 8.63. The smallest absolute Gasteiger partial charge is 0.0841 e. The average Bonchev–Trinajstić information content (AvgIpc) is 2.35. The van der Waals surface area contributed by atoms with E-state index in [4.69, 9.17) is 23.8 Å². The molecule has 0 atom stereocenters. The van der Waals surface area contributed by atoms with Gasteiger partial charge in [0.2, 0.25) is 0 Å². The van der Waals surface area contributed by atoms with Crippen molar-refractivity contribution in [1.29, 1.82) is 0 Å². The van der Waals surface area contributed by atoms with Crippen molar-refractivity contribution in [2.75, 3.05) is 5.32 Å². The van der Waals surface area contributed by atoms with Crippen molar-refractivity contribution in [3.8, 4) is 0 Å². The summed E-state index contributed by atoms with van der Waals surface area (Å²) in [4.78, 5) is 0.807. The molecule has 1 N–H and O–H groups in total. The minimum atomic E-state index is 0.727. The lowest BCUT2D eigenvalue weighted by molar-refractivity contribution is 1.32. The Bertz CT molecular complexity index is 482. The van der Waals surface area contributed by atoms with Crippen LogP contribution in [0.4, 0.5) is 5.69 Å². The summed E-state index contributed by atoms with van der Waals surface area (Å²) < 4.78 is 0. The average molecular weight is 276 g/mol.